The molecule has 2 saturated heterocycles. The van der Waals surface area contributed by atoms with E-state index in [1.165, 1.54) is 0 Å². The SMILES string of the molecule is O=C(C(=O)N1CCOCC1)N1CCNCC1. The number of rotatable bonds is 0. The fourth-order valence-corrected chi connectivity index (χ4v) is 1.90. The van der Waals surface area contributed by atoms with Crippen molar-refractivity contribution in [3.63, 3.8) is 0 Å². The molecule has 2 heterocycles. The Kier molecular flexibility index (Phi) is 3.74. The summed E-state index contributed by atoms with van der Waals surface area (Å²) in [4.78, 5) is 26.9. The second kappa shape index (κ2) is 5.27. The Balaban J connectivity index is 1.89. The summed E-state index contributed by atoms with van der Waals surface area (Å²) < 4.78 is 5.15. The summed E-state index contributed by atoms with van der Waals surface area (Å²) in [5.41, 5.74) is 0. The van der Waals surface area contributed by atoms with Crippen LogP contribution in [0.3, 0.4) is 0 Å². The van der Waals surface area contributed by atoms with Gasteiger partial charge in [-0.2, -0.15) is 0 Å². The van der Waals surface area contributed by atoms with Crippen molar-refractivity contribution in [1.29, 1.82) is 0 Å². The van der Waals surface area contributed by atoms with E-state index in [0.717, 1.165) is 13.1 Å². The summed E-state index contributed by atoms with van der Waals surface area (Å²) in [5, 5.41) is 3.15. The number of morpholine rings is 1. The van der Waals surface area contributed by atoms with Crippen LogP contribution in [0.25, 0.3) is 0 Å². The number of hydrogen-bond acceptors (Lipinski definition) is 4. The van der Waals surface area contributed by atoms with Gasteiger partial charge in [-0.25, -0.2) is 0 Å². The highest BCUT2D eigenvalue weighted by molar-refractivity contribution is 6.34. The van der Waals surface area contributed by atoms with Crippen molar-refractivity contribution in [2.24, 2.45) is 0 Å². The van der Waals surface area contributed by atoms with Crippen LogP contribution in [0.15, 0.2) is 0 Å². The molecular weight excluding hydrogens is 210 g/mol. The van der Waals surface area contributed by atoms with E-state index in [9.17, 15) is 9.59 Å². The van der Waals surface area contributed by atoms with Crippen LogP contribution in [0.4, 0.5) is 0 Å². The molecule has 0 atom stereocenters. The summed E-state index contributed by atoms with van der Waals surface area (Å²) in [6, 6.07) is 0. The predicted octanol–water partition coefficient (Wildman–Crippen LogP) is -1.72. The minimum atomic E-state index is -0.384. The molecule has 2 rings (SSSR count). The lowest BCUT2D eigenvalue weighted by atomic mass is 10.3. The molecule has 1 N–H and O–H groups in total. The lowest BCUT2D eigenvalue weighted by molar-refractivity contribution is -0.154. The van der Waals surface area contributed by atoms with Gasteiger partial charge in [0.15, 0.2) is 0 Å². The number of nitrogens with one attached hydrogen (secondary N) is 1. The zero-order valence-corrected chi connectivity index (χ0v) is 9.28. The average Bonchev–Trinajstić information content (AvgIpc) is 2.39. The van der Waals surface area contributed by atoms with E-state index in [1.807, 2.05) is 0 Å². The molecule has 2 fully saturated rings. The Morgan fingerprint density at radius 1 is 0.875 bits per heavy atom. The molecule has 2 aliphatic rings. The molecule has 0 aromatic carbocycles. The highest BCUT2D eigenvalue weighted by Gasteiger charge is 2.28. The Hall–Kier alpha value is -1.14. The fraction of sp³-hybridized carbons (Fsp3) is 0.800. The first-order valence-electron chi connectivity index (χ1n) is 5.65. The van der Waals surface area contributed by atoms with Crippen molar-refractivity contribution in [3.8, 4) is 0 Å². The second-order valence-electron chi connectivity index (χ2n) is 3.95. The minimum absolute atomic E-state index is 0.372. The van der Waals surface area contributed by atoms with Crippen LogP contribution in [0.1, 0.15) is 0 Å². The van der Waals surface area contributed by atoms with Gasteiger partial charge in [-0.15, -0.1) is 0 Å². The van der Waals surface area contributed by atoms with E-state index in [4.69, 9.17) is 4.74 Å². The Labute approximate surface area is 94.5 Å². The maximum absolute atomic E-state index is 11.9. The molecule has 2 aliphatic heterocycles. The summed E-state index contributed by atoms with van der Waals surface area (Å²) >= 11 is 0. The molecule has 0 aliphatic carbocycles. The van der Waals surface area contributed by atoms with Gasteiger partial charge >= 0.3 is 11.8 Å². The first-order valence-corrected chi connectivity index (χ1v) is 5.65. The lowest BCUT2D eigenvalue weighted by Crippen LogP contribution is -2.53. The number of nitrogens with zero attached hydrogens (tertiary/aromatic N) is 2. The second-order valence-corrected chi connectivity index (χ2v) is 3.95. The van der Waals surface area contributed by atoms with Crippen LogP contribution in [0, 0.1) is 0 Å². The first-order chi connectivity index (χ1) is 7.79. The quantitative estimate of drug-likeness (QED) is 0.500. The molecular formula is C10H17N3O3. The van der Waals surface area contributed by atoms with Crippen LogP contribution in [-0.4, -0.2) is 74.1 Å². The van der Waals surface area contributed by atoms with E-state index in [0.29, 0.717) is 39.4 Å². The average molecular weight is 227 g/mol. The molecule has 6 heteroatoms. The zero-order valence-electron chi connectivity index (χ0n) is 9.28. The lowest BCUT2D eigenvalue weighted by Gasteiger charge is -2.31. The van der Waals surface area contributed by atoms with Crippen LogP contribution in [0.2, 0.25) is 0 Å². The van der Waals surface area contributed by atoms with Crippen molar-refractivity contribution >= 4 is 11.8 Å². The maximum atomic E-state index is 11.9. The van der Waals surface area contributed by atoms with Crippen molar-refractivity contribution in [1.82, 2.24) is 15.1 Å². The molecule has 90 valence electrons. The molecule has 16 heavy (non-hydrogen) atoms. The number of amides is 2. The Morgan fingerprint density at radius 2 is 1.38 bits per heavy atom. The number of carbonyl (C=O) groups is 2. The van der Waals surface area contributed by atoms with Crippen LogP contribution < -0.4 is 5.32 Å². The van der Waals surface area contributed by atoms with Gasteiger partial charge in [0.05, 0.1) is 13.2 Å². The van der Waals surface area contributed by atoms with E-state index >= 15 is 0 Å². The third-order valence-corrected chi connectivity index (χ3v) is 2.89. The molecule has 6 nitrogen and oxygen atoms in total. The van der Waals surface area contributed by atoms with E-state index in [2.05, 4.69) is 5.32 Å². The van der Waals surface area contributed by atoms with Gasteiger partial charge in [-0.05, 0) is 0 Å². The first kappa shape index (κ1) is 11.3. The zero-order chi connectivity index (χ0) is 11.4. The van der Waals surface area contributed by atoms with Crippen molar-refractivity contribution < 1.29 is 14.3 Å². The number of carbonyl (C=O) groups excluding carboxylic acids is 2. The molecule has 0 radical (unpaired) electrons. The Bertz CT molecular complexity index is 242. The molecule has 0 bridgehead atoms. The fourth-order valence-electron chi connectivity index (χ4n) is 1.90. The summed E-state index contributed by atoms with van der Waals surface area (Å²) in [6.07, 6.45) is 0. The molecule has 2 amide bonds. The maximum Gasteiger partial charge on any atom is 0.312 e. The smallest absolute Gasteiger partial charge is 0.312 e. The molecule has 0 aromatic rings. The number of piperazine rings is 1. The number of hydrogen-bond donors (Lipinski definition) is 1. The van der Waals surface area contributed by atoms with Gasteiger partial charge in [0.1, 0.15) is 0 Å². The van der Waals surface area contributed by atoms with Crippen LogP contribution in [0.5, 0.6) is 0 Å². The summed E-state index contributed by atoms with van der Waals surface area (Å²) in [7, 11) is 0. The highest BCUT2D eigenvalue weighted by atomic mass is 16.5. The van der Waals surface area contributed by atoms with Gasteiger partial charge in [0.25, 0.3) is 0 Å². The van der Waals surface area contributed by atoms with Crippen molar-refractivity contribution in [2.45, 2.75) is 0 Å². The third-order valence-electron chi connectivity index (χ3n) is 2.89. The van der Waals surface area contributed by atoms with Crippen LogP contribution >= 0.6 is 0 Å². The molecule has 0 aromatic heterocycles. The van der Waals surface area contributed by atoms with Gasteiger partial charge < -0.3 is 19.9 Å². The van der Waals surface area contributed by atoms with E-state index in [-0.39, 0.29) is 11.8 Å². The Morgan fingerprint density at radius 3 is 1.94 bits per heavy atom. The van der Waals surface area contributed by atoms with E-state index < -0.39 is 0 Å². The van der Waals surface area contributed by atoms with Crippen LogP contribution in [-0.2, 0) is 14.3 Å². The topological polar surface area (TPSA) is 61.9 Å². The number of ether oxygens (including phenoxy) is 1. The monoisotopic (exact) mass is 227 g/mol. The van der Waals surface area contributed by atoms with Gasteiger partial charge in [0, 0.05) is 39.3 Å². The normalized spacial score (nSPS) is 22.0. The summed E-state index contributed by atoms with van der Waals surface area (Å²) in [5.74, 6) is -0.756. The summed E-state index contributed by atoms with van der Waals surface area (Å²) in [6.45, 7) is 4.88. The third kappa shape index (κ3) is 2.51. The van der Waals surface area contributed by atoms with Crippen molar-refractivity contribution in [3.05, 3.63) is 0 Å². The molecule has 0 spiro atoms. The largest absolute Gasteiger partial charge is 0.378 e. The molecule has 0 unspecified atom stereocenters. The van der Waals surface area contributed by atoms with Gasteiger partial charge in [-0.3, -0.25) is 9.59 Å². The predicted molar refractivity (Wildman–Crippen MR) is 56.8 cm³/mol. The highest BCUT2D eigenvalue weighted by Crippen LogP contribution is 2.02. The van der Waals surface area contributed by atoms with Crippen molar-refractivity contribution in [2.75, 3.05) is 52.5 Å². The van der Waals surface area contributed by atoms with Gasteiger partial charge in [0.2, 0.25) is 0 Å². The van der Waals surface area contributed by atoms with Gasteiger partial charge in [-0.1, -0.05) is 0 Å². The minimum Gasteiger partial charge on any atom is -0.378 e. The standard InChI is InChI=1S/C10H17N3O3/c14-9(12-3-1-11-2-4-12)10(15)13-5-7-16-8-6-13/h11H,1-8H2. The molecule has 0 saturated carbocycles. The van der Waals surface area contributed by atoms with E-state index in [1.54, 1.807) is 9.80 Å².